The summed E-state index contributed by atoms with van der Waals surface area (Å²) in [5, 5.41) is 1.65. The minimum Gasteiger partial charge on any atom is -0.495 e. The fourth-order valence-corrected chi connectivity index (χ4v) is 2.54. The summed E-state index contributed by atoms with van der Waals surface area (Å²) in [6.07, 6.45) is 1.68. The molecule has 0 fully saturated rings. The molecular weight excluding hydrogens is 376 g/mol. The average Bonchev–Trinajstić information content (AvgIpc) is 2.34. The highest BCUT2D eigenvalue weighted by atomic mass is 127. The lowest BCUT2D eigenvalue weighted by molar-refractivity contribution is 0.397. The second kappa shape index (κ2) is 5.04. The molecule has 1 aromatic carbocycles. The molecule has 0 bridgehead atoms. The number of hydrogen-bond donors (Lipinski definition) is 0. The summed E-state index contributed by atoms with van der Waals surface area (Å²) in [4.78, 5) is 4.29. The number of hydrogen-bond acceptors (Lipinski definition) is 3. The first-order valence-corrected chi connectivity index (χ1v) is 6.47. The third-order valence-corrected chi connectivity index (χ3v) is 4.25. The minimum absolute atomic E-state index is 0.444. The van der Waals surface area contributed by atoms with Gasteiger partial charge in [0.1, 0.15) is 17.0 Å². The van der Waals surface area contributed by atoms with Gasteiger partial charge in [-0.05, 0) is 22.6 Å². The van der Waals surface area contributed by atoms with Crippen LogP contribution in [0.2, 0.25) is 10.0 Å². The van der Waals surface area contributed by atoms with Gasteiger partial charge in [-0.15, -0.1) is 0 Å². The molecule has 0 amide bonds. The van der Waals surface area contributed by atoms with Gasteiger partial charge in [-0.2, -0.15) is 0 Å². The lowest BCUT2D eigenvalue weighted by Crippen LogP contribution is -1.94. The Bertz CT molecular complexity index is 589. The zero-order valence-electron chi connectivity index (χ0n) is 9.05. The van der Waals surface area contributed by atoms with Gasteiger partial charge in [0.05, 0.1) is 27.8 Å². The fourth-order valence-electron chi connectivity index (χ4n) is 1.53. The third kappa shape index (κ3) is 2.13. The van der Waals surface area contributed by atoms with Crippen LogP contribution < -0.4 is 9.47 Å². The Morgan fingerprint density at radius 3 is 2.35 bits per heavy atom. The summed E-state index contributed by atoms with van der Waals surface area (Å²) in [6, 6.07) is 1.70. The van der Waals surface area contributed by atoms with E-state index in [1.54, 1.807) is 26.5 Å². The lowest BCUT2D eigenvalue weighted by Gasteiger charge is -2.12. The van der Waals surface area contributed by atoms with E-state index in [1.165, 1.54) is 0 Å². The number of nitrogens with zero attached hydrogens (tertiary/aromatic N) is 1. The van der Waals surface area contributed by atoms with E-state index < -0.39 is 0 Å². The van der Waals surface area contributed by atoms with Crippen LogP contribution in [0.1, 0.15) is 0 Å². The first kappa shape index (κ1) is 13.0. The topological polar surface area (TPSA) is 31.4 Å². The molecule has 0 spiro atoms. The molecule has 0 saturated carbocycles. The van der Waals surface area contributed by atoms with Crippen LogP contribution in [0.25, 0.3) is 10.9 Å². The highest BCUT2D eigenvalue weighted by Gasteiger charge is 2.17. The van der Waals surface area contributed by atoms with Gasteiger partial charge in [-0.25, -0.2) is 0 Å². The normalized spacial score (nSPS) is 10.6. The molecule has 1 aromatic heterocycles. The Labute approximate surface area is 122 Å². The van der Waals surface area contributed by atoms with Gasteiger partial charge in [0, 0.05) is 17.6 Å². The van der Waals surface area contributed by atoms with Crippen LogP contribution in [-0.2, 0) is 0 Å². The van der Waals surface area contributed by atoms with Crippen LogP contribution >= 0.6 is 45.8 Å². The molecule has 2 aromatic rings. The SMILES string of the molecule is COc1cc(OC)c2ncc(I)c(Cl)c2c1Cl. The Morgan fingerprint density at radius 1 is 1.12 bits per heavy atom. The summed E-state index contributed by atoms with van der Waals surface area (Å²) in [7, 11) is 3.11. The van der Waals surface area contributed by atoms with Crippen LogP contribution in [0, 0.1) is 3.57 Å². The summed E-state index contributed by atoms with van der Waals surface area (Å²) in [6.45, 7) is 0. The lowest BCUT2D eigenvalue weighted by atomic mass is 10.2. The number of pyridine rings is 1. The van der Waals surface area contributed by atoms with Gasteiger partial charge in [0.2, 0.25) is 0 Å². The molecule has 1 heterocycles. The predicted octanol–water partition coefficient (Wildman–Crippen LogP) is 4.16. The molecule has 2 rings (SSSR count). The minimum atomic E-state index is 0.444. The second-order valence-electron chi connectivity index (χ2n) is 3.24. The molecule has 0 unspecified atom stereocenters. The third-order valence-electron chi connectivity index (χ3n) is 2.34. The Hall–Kier alpha value is -0.460. The largest absolute Gasteiger partial charge is 0.495 e. The van der Waals surface area contributed by atoms with Crippen molar-refractivity contribution in [3.05, 3.63) is 25.9 Å². The summed E-state index contributed by atoms with van der Waals surface area (Å²) < 4.78 is 11.3. The smallest absolute Gasteiger partial charge is 0.148 e. The monoisotopic (exact) mass is 383 g/mol. The van der Waals surface area contributed by atoms with Crippen molar-refractivity contribution in [3.8, 4) is 11.5 Å². The predicted molar refractivity (Wildman–Crippen MR) is 77.6 cm³/mol. The van der Waals surface area contributed by atoms with Crippen molar-refractivity contribution in [1.82, 2.24) is 4.98 Å². The Morgan fingerprint density at radius 2 is 1.76 bits per heavy atom. The molecule has 0 atom stereocenters. The first-order valence-electron chi connectivity index (χ1n) is 4.64. The summed E-state index contributed by atoms with van der Waals surface area (Å²) in [5.74, 6) is 1.10. The average molecular weight is 384 g/mol. The number of benzene rings is 1. The van der Waals surface area contributed by atoms with Crippen LogP contribution in [0.15, 0.2) is 12.3 Å². The van der Waals surface area contributed by atoms with Crippen molar-refractivity contribution in [2.24, 2.45) is 0 Å². The molecule has 0 aliphatic rings. The van der Waals surface area contributed by atoms with Gasteiger partial charge in [0.25, 0.3) is 0 Å². The van der Waals surface area contributed by atoms with Gasteiger partial charge in [0.15, 0.2) is 0 Å². The quantitative estimate of drug-likeness (QED) is 0.729. The highest BCUT2D eigenvalue weighted by molar-refractivity contribution is 14.1. The maximum atomic E-state index is 6.25. The number of rotatable bonds is 2. The molecular formula is C11H8Cl2INO2. The van der Waals surface area contributed by atoms with Crippen LogP contribution in [-0.4, -0.2) is 19.2 Å². The molecule has 6 heteroatoms. The molecule has 0 aliphatic carbocycles. The van der Waals surface area contributed by atoms with Crippen molar-refractivity contribution in [1.29, 1.82) is 0 Å². The van der Waals surface area contributed by atoms with E-state index in [-0.39, 0.29) is 0 Å². The molecule has 90 valence electrons. The number of methoxy groups -OCH3 is 2. The maximum Gasteiger partial charge on any atom is 0.148 e. The van der Waals surface area contributed by atoms with Crippen molar-refractivity contribution in [2.45, 2.75) is 0 Å². The summed E-state index contributed by atoms with van der Waals surface area (Å²) >= 11 is 14.6. The maximum absolute atomic E-state index is 6.25. The van der Waals surface area contributed by atoms with E-state index in [0.717, 1.165) is 3.57 Å². The number of fused-ring (bicyclic) bond motifs is 1. The van der Waals surface area contributed by atoms with Crippen LogP contribution in [0.4, 0.5) is 0 Å². The van der Waals surface area contributed by atoms with Crippen molar-refractivity contribution >= 4 is 56.7 Å². The molecule has 0 N–H and O–H groups in total. The molecule has 0 aliphatic heterocycles. The van der Waals surface area contributed by atoms with E-state index in [4.69, 9.17) is 32.7 Å². The number of aromatic nitrogens is 1. The van der Waals surface area contributed by atoms with Gasteiger partial charge in [-0.1, -0.05) is 23.2 Å². The Kier molecular flexibility index (Phi) is 3.85. The number of ether oxygens (including phenoxy) is 2. The van der Waals surface area contributed by atoms with Gasteiger partial charge >= 0.3 is 0 Å². The molecule has 0 radical (unpaired) electrons. The zero-order chi connectivity index (χ0) is 12.6. The second-order valence-corrected chi connectivity index (χ2v) is 5.16. The van der Waals surface area contributed by atoms with E-state index in [9.17, 15) is 0 Å². The van der Waals surface area contributed by atoms with E-state index in [1.807, 2.05) is 0 Å². The Balaban J connectivity index is 2.95. The van der Waals surface area contributed by atoms with E-state index in [2.05, 4.69) is 27.6 Å². The fraction of sp³-hybridized carbons (Fsp3) is 0.182. The number of halogens is 3. The molecule has 3 nitrogen and oxygen atoms in total. The van der Waals surface area contributed by atoms with Crippen molar-refractivity contribution in [3.63, 3.8) is 0 Å². The van der Waals surface area contributed by atoms with E-state index >= 15 is 0 Å². The van der Waals surface area contributed by atoms with Gasteiger partial charge in [-0.3, -0.25) is 4.98 Å². The first-order chi connectivity index (χ1) is 8.10. The van der Waals surface area contributed by atoms with Gasteiger partial charge < -0.3 is 9.47 Å². The standard InChI is InChI=1S/C11H8Cl2INO2/c1-16-6-3-7(17-2)11-8(10(6)13)9(12)5(14)4-15-11/h3-4H,1-2H3. The van der Waals surface area contributed by atoms with E-state index in [0.29, 0.717) is 32.4 Å². The van der Waals surface area contributed by atoms with Crippen molar-refractivity contribution in [2.75, 3.05) is 14.2 Å². The summed E-state index contributed by atoms with van der Waals surface area (Å²) in [5.41, 5.74) is 0.628. The zero-order valence-corrected chi connectivity index (χ0v) is 12.7. The highest BCUT2D eigenvalue weighted by Crippen LogP contribution is 2.42. The van der Waals surface area contributed by atoms with Crippen LogP contribution in [0.3, 0.4) is 0 Å². The molecule has 17 heavy (non-hydrogen) atoms. The van der Waals surface area contributed by atoms with Crippen LogP contribution in [0.5, 0.6) is 11.5 Å². The van der Waals surface area contributed by atoms with Crippen molar-refractivity contribution < 1.29 is 9.47 Å². The molecule has 0 saturated heterocycles.